The molecule has 0 aliphatic heterocycles. The molecule has 0 fully saturated rings. The molecule has 0 aliphatic rings. The number of hydrogen-bond donors (Lipinski definition) is 1. The van der Waals surface area contributed by atoms with Gasteiger partial charge in [0.2, 0.25) is 15.9 Å². The number of halogens is 1. The molecule has 7 nitrogen and oxygen atoms in total. The third-order valence-electron chi connectivity index (χ3n) is 4.09. The van der Waals surface area contributed by atoms with E-state index in [-0.39, 0.29) is 23.8 Å². The zero-order valence-corrected chi connectivity index (χ0v) is 16.9. The molecular weight excluding hydrogens is 387 g/mol. The third-order valence-corrected chi connectivity index (χ3v) is 5.32. The number of nitrogens with zero attached hydrogens (tertiary/aromatic N) is 1. The minimum absolute atomic E-state index is 0.135. The van der Waals surface area contributed by atoms with Gasteiger partial charge >= 0.3 is 0 Å². The monoisotopic (exact) mass is 410 g/mol. The maximum atomic E-state index is 13.0. The summed E-state index contributed by atoms with van der Waals surface area (Å²) in [6.45, 7) is 1.61. The van der Waals surface area contributed by atoms with Gasteiger partial charge in [0, 0.05) is 12.6 Å². The van der Waals surface area contributed by atoms with Crippen LogP contribution in [0, 0.1) is 5.82 Å². The van der Waals surface area contributed by atoms with Crippen molar-refractivity contribution >= 4 is 21.6 Å². The van der Waals surface area contributed by atoms with Crippen LogP contribution in [0.25, 0.3) is 0 Å². The molecule has 0 heterocycles. The van der Waals surface area contributed by atoms with Crippen LogP contribution in [0.3, 0.4) is 0 Å². The number of methoxy groups -OCH3 is 2. The first-order valence-corrected chi connectivity index (χ1v) is 10.3. The molecule has 0 aliphatic carbocycles. The quantitative estimate of drug-likeness (QED) is 0.722. The van der Waals surface area contributed by atoms with Crippen molar-refractivity contribution in [2.45, 2.75) is 19.5 Å². The summed E-state index contributed by atoms with van der Waals surface area (Å²) in [5.41, 5.74) is 0.876. The van der Waals surface area contributed by atoms with E-state index < -0.39 is 22.0 Å². The molecule has 0 radical (unpaired) electrons. The molecule has 2 aromatic carbocycles. The van der Waals surface area contributed by atoms with Gasteiger partial charge in [0.25, 0.3) is 0 Å². The number of rotatable bonds is 8. The third kappa shape index (κ3) is 5.13. The molecule has 1 N–H and O–H groups in total. The molecule has 0 saturated carbocycles. The number of carbonyl (C=O) groups is 1. The lowest BCUT2D eigenvalue weighted by Gasteiger charge is -2.29. The second-order valence-corrected chi connectivity index (χ2v) is 7.98. The molecule has 2 aromatic rings. The van der Waals surface area contributed by atoms with Crippen LogP contribution in [-0.4, -0.2) is 40.8 Å². The number of ether oxygens (including phenoxy) is 2. The molecule has 152 valence electrons. The van der Waals surface area contributed by atoms with E-state index in [1.54, 1.807) is 24.3 Å². The first-order chi connectivity index (χ1) is 13.2. The molecule has 2 rings (SSSR count). The van der Waals surface area contributed by atoms with Crippen molar-refractivity contribution in [3.05, 3.63) is 53.8 Å². The van der Waals surface area contributed by atoms with Gasteiger partial charge < -0.3 is 14.8 Å². The van der Waals surface area contributed by atoms with Gasteiger partial charge in [-0.1, -0.05) is 12.1 Å². The van der Waals surface area contributed by atoms with Crippen molar-refractivity contribution in [3.63, 3.8) is 0 Å². The highest BCUT2D eigenvalue weighted by Crippen LogP contribution is 2.35. The Labute approximate surface area is 164 Å². The largest absolute Gasteiger partial charge is 0.497 e. The summed E-state index contributed by atoms with van der Waals surface area (Å²) in [4.78, 5) is 12.6. The molecule has 9 heteroatoms. The summed E-state index contributed by atoms with van der Waals surface area (Å²) in [5.74, 6) is -0.191. The van der Waals surface area contributed by atoms with Crippen LogP contribution in [0.1, 0.15) is 12.5 Å². The molecule has 0 spiro atoms. The van der Waals surface area contributed by atoms with Crippen molar-refractivity contribution in [3.8, 4) is 11.5 Å². The first kappa shape index (κ1) is 21.5. The zero-order chi connectivity index (χ0) is 20.9. The van der Waals surface area contributed by atoms with Gasteiger partial charge in [-0.2, -0.15) is 0 Å². The van der Waals surface area contributed by atoms with Crippen LogP contribution >= 0.6 is 0 Å². The van der Waals surface area contributed by atoms with Crippen LogP contribution in [0.2, 0.25) is 0 Å². The number of anilines is 1. The average Bonchev–Trinajstić information content (AvgIpc) is 2.66. The molecule has 0 bridgehead atoms. The number of amides is 1. The molecule has 28 heavy (non-hydrogen) atoms. The van der Waals surface area contributed by atoms with Crippen LogP contribution < -0.4 is 19.1 Å². The molecule has 1 amide bonds. The Hall–Kier alpha value is -2.81. The Morgan fingerprint density at radius 2 is 1.79 bits per heavy atom. The molecule has 0 aromatic heterocycles. The second kappa shape index (κ2) is 8.92. The fourth-order valence-corrected chi connectivity index (χ4v) is 3.86. The summed E-state index contributed by atoms with van der Waals surface area (Å²) in [6.07, 6.45) is 1.01. The minimum atomic E-state index is -3.82. The Morgan fingerprint density at radius 3 is 2.32 bits per heavy atom. The number of nitrogens with one attached hydrogen (secondary N) is 1. The second-order valence-electron chi connectivity index (χ2n) is 6.12. The average molecular weight is 410 g/mol. The number of sulfonamides is 1. The maximum Gasteiger partial charge on any atom is 0.243 e. The lowest BCUT2D eigenvalue weighted by Crippen LogP contribution is -2.47. The van der Waals surface area contributed by atoms with Crippen molar-refractivity contribution in [2.75, 3.05) is 24.8 Å². The highest BCUT2D eigenvalue weighted by molar-refractivity contribution is 7.92. The van der Waals surface area contributed by atoms with Gasteiger partial charge in [0.05, 0.1) is 26.2 Å². The lowest BCUT2D eigenvalue weighted by molar-refractivity contribution is -0.122. The van der Waals surface area contributed by atoms with E-state index in [1.807, 2.05) is 0 Å². The zero-order valence-electron chi connectivity index (χ0n) is 16.1. The van der Waals surface area contributed by atoms with Crippen molar-refractivity contribution < 1.29 is 27.1 Å². The molecule has 0 saturated heterocycles. The predicted octanol–water partition coefficient (Wildman–Crippen LogP) is 2.31. The number of hydrogen-bond acceptors (Lipinski definition) is 5. The van der Waals surface area contributed by atoms with E-state index in [9.17, 15) is 17.6 Å². The number of carbonyl (C=O) groups excluding carboxylic acids is 1. The summed E-state index contributed by atoms with van der Waals surface area (Å²) < 4.78 is 49.3. The van der Waals surface area contributed by atoms with Gasteiger partial charge in [-0.3, -0.25) is 9.10 Å². The summed E-state index contributed by atoms with van der Waals surface area (Å²) >= 11 is 0. The summed E-state index contributed by atoms with van der Waals surface area (Å²) in [6, 6.07) is 9.28. The van der Waals surface area contributed by atoms with E-state index in [2.05, 4.69) is 5.32 Å². The van der Waals surface area contributed by atoms with Crippen molar-refractivity contribution in [1.82, 2.24) is 5.32 Å². The Kier molecular flexibility index (Phi) is 6.85. The standard InChI is InChI=1S/C19H23FN2O5S/c1-13(19(23)21-12-14-5-7-15(20)8-6-14)22(28(4,24)25)17-11-16(26-2)9-10-18(17)27-3/h5-11,13H,12H2,1-4H3,(H,21,23)/t13-/m0/s1. The normalized spacial score (nSPS) is 12.2. The topological polar surface area (TPSA) is 84.9 Å². The Balaban J connectivity index is 2.30. The molecular formula is C19H23FN2O5S. The number of benzene rings is 2. The fourth-order valence-electron chi connectivity index (χ4n) is 2.69. The van der Waals surface area contributed by atoms with Crippen molar-refractivity contribution in [2.24, 2.45) is 0 Å². The van der Waals surface area contributed by atoms with Crippen LogP contribution in [0.15, 0.2) is 42.5 Å². The highest BCUT2D eigenvalue weighted by atomic mass is 32.2. The van der Waals surface area contributed by atoms with Crippen LogP contribution in [0.5, 0.6) is 11.5 Å². The van der Waals surface area contributed by atoms with E-state index in [4.69, 9.17) is 9.47 Å². The molecule has 0 unspecified atom stereocenters. The van der Waals surface area contributed by atoms with E-state index >= 15 is 0 Å². The van der Waals surface area contributed by atoms with Gasteiger partial charge in [-0.05, 0) is 36.8 Å². The van der Waals surface area contributed by atoms with Gasteiger partial charge in [0.1, 0.15) is 23.4 Å². The summed E-state index contributed by atoms with van der Waals surface area (Å²) in [7, 11) is -0.960. The smallest absolute Gasteiger partial charge is 0.243 e. The van der Waals surface area contributed by atoms with E-state index in [1.165, 1.54) is 39.3 Å². The SMILES string of the molecule is COc1ccc(OC)c(N([C@@H](C)C(=O)NCc2ccc(F)cc2)S(C)(=O)=O)c1. The van der Waals surface area contributed by atoms with Crippen LogP contribution in [-0.2, 0) is 21.4 Å². The van der Waals surface area contributed by atoms with Gasteiger partial charge in [-0.15, -0.1) is 0 Å². The van der Waals surface area contributed by atoms with E-state index in [0.717, 1.165) is 10.6 Å². The van der Waals surface area contributed by atoms with E-state index in [0.29, 0.717) is 11.3 Å². The van der Waals surface area contributed by atoms with Gasteiger partial charge in [0.15, 0.2) is 0 Å². The first-order valence-electron chi connectivity index (χ1n) is 8.41. The Bertz CT molecular complexity index is 932. The van der Waals surface area contributed by atoms with Crippen molar-refractivity contribution in [1.29, 1.82) is 0 Å². The Morgan fingerprint density at radius 1 is 1.14 bits per heavy atom. The predicted molar refractivity (Wildman–Crippen MR) is 105 cm³/mol. The van der Waals surface area contributed by atoms with Gasteiger partial charge in [-0.25, -0.2) is 12.8 Å². The van der Waals surface area contributed by atoms with Crippen LogP contribution in [0.4, 0.5) is 10.1 Å². The fraction of sp³-hybridized carbons (Fsp3) is 0.316. The maximum absolute atomic E-state index is 13.0. The summed E-state index contributed by atoms with van der Waals surface area (Å²) in [5, 5.41) is 2.67. The minimum Gasteiger partial charge on any atom is -0.497 e. The highest BCUT2D eigenvalue weighted by Gasteiger charge is 2.31. The lowest BCUT2D eigenvalue weighted by atomic mass is 10.2. The molecule has 1 atom stereocenters.